The van der Waals surface area contributed by atoms with Gasteiger partial charge in [0.05, 0.1) is 28.1 Å². The van der Waals surface area contributed by atoms with Crippen LogP contribution in [0.5, 0.6) is 5.75 Å². The van der Waals surface area contributed by atoms with Crippen LogP contribution in [-0.2, 0) is 14.6 Å². The summed E-state index contributed by atoms with van der Waals surface area (Å²) >= 11 is 1.58. The Labute approximate surface area is 166 Å². The van der Waals surface area contributed by atoms with Crippen LogP contribution in [0.15, 0.2) is 47.4 Å². The van der Waals surface area contributed by atoms with E-state index in [0.717, 1.165) is 27.4 Å². The van der Waals surface area contributed by atoms with E-state index >= 15 is 0 Å². The third-order valence-corrected chi connectivity index (χ3v) is 6.86. The minimum Gasteiger partial charge on any atom is -0.497 e. The van der Waals surface area contributed by atoms with E-state index in [0.29, 0.717) is 18.8 Å². The van der Waals surface area contributed by atoms with Crippen LogP contribution >= 0.6 is 11.3 Å². The molecule has 1 aromatic heterocycles. The number of benzene rings is 2. The van der Waals surface area contributed by atoms with E-state index in [1.54, 1.807) is 30.6 Å². The molecule has 0 radical (unpaired) electrons. The third-order valence-electron chi connectivity index (χ3n) is 4.66. The molecule has 1 fully saturated rings. The first-order valence-corrected chi connectivity index (χ1v) is 11.3. The van der Waals surface area contributed by atoms with Crippen LogP contribution in [0.4, 0.5) is 10.8 Å². The lowest BCUT2D eigenvalue weighted by molar-refractivity contribution is -0.120. The molecule has 0 bridgehead atoms. The molecule has 1 saturated heterocycles. The van der Waals surface area contributed by atoms with Gasteiger partial charge in [0, 0.05) is 25.0 Å². The molecular weight excluding hydrogens is 398 g/mol. The van der Waals surface area contributed by atoms with Crippen LogP contribution in [0.1, 0.15) is 0 Å². The molecule has 146 valence electrons. The molecule has 0 aliphatic carbocycles. The highest BCUT2D eigenvalue weighted by Gasteiger charge is 2.34. The Morgan fingerprint density at radius 3 is 2.57 bits per heavy atom. The molecule has 28 heavy (non-hydrogen) atoms. The fraction of sp³-hybridized carbons (Fsp3) is 0.263. The quantitative estimate of drug-likeness (QED) is 0.687. The van der Waals surface area contributed by atoms with Crippen molar-refractivity contribution in [1.29, 1.82) is 0 Å². The van der Waals surface area contributed by atoms with E-state index in [4.69, 9.17) is 4.74 Å². The lowest BCUT2D eigenvalue weighted by Gasteiger charge is -2.37. The summed E-state index contributed by atoms with van der Waals surface area (Å²) in [5, 5.41) is 3.74. The zero-order valence-corrected chi connectivity index (χ0v) is 17.0. The summed E-state index contributed by atoms with van der Waals surface area (Å²) in [4.78, 5) is 19.3. The number of ether oxygens (including phenoxy) is 1. The molecule has 0 saturated carbocycles. The molecule has 1 aliphatic heterocycles. The van der Waals surface area contributed by atoms with Gasteiger partial charge >= 0.3 is 0 Å². The molecule has 7 nitrogen and oxygen atoms in total. The van der Waals surface area contributed by atoms with E-state index in [2.05, 4.69) is 15.2 Å². The molecule has 0 unspecified atom stereocenters. The molecule has 2 aromatic carbocycles. The zero-order chi connectivity index (χ0) is 19.9. The summed E-state index contributed by atoms with van der Waals surface area (Å²) in [7, 11) is -1.61. The maximum Gasteiger partial charge on any atom is 0.231 e. The van der Waals surface area contributed by atoms with Gasteiger partial charge in [0.1, 0.15) is 5.75 Å². The van der Waals surface area contributed by atoms with Gasteiger partial charge in [0.25, 0.3) is 0 Å². The number of carbonyl (C=O) groups excluding carboxylic acids is 1. The van der Waals surface area contributed by atoms with Crippen LogP contribution in [0.2, 0.25) is 0 Å². The van der Waals surface area contributed by atoms with Crippen molar-refractivity contribution in [2.24, 2.45) is 5.92 Å². The average Bonchev–Trinajstić information content (AvgIpc) is 3.02. The summed E-state index contributed by atoms with van der Waals surface area (Å²) < 4.78 is 29.3. The summed E-state index contributed by atoms with van der Waals surface area (Å²) in [5.41, 5.74) is 1.50. The monoisotopic (exact) mass is 417 g/mol. The highest BCUT2D eigenvalue weighted by molar-refractivity contribution is 7.90. The zero-order valence-electron chi connectivity index (χ0n) is 15.4. The fourth-order valence-electron chi connectivity index (χ4n) is 2.99. The molecule has 0 atom stereocenters. The van der Waals surface area contributed by atoms with Crippen LogP contribution < -0.4 is 15.0 Å². The Hall–Kier alpha value is -2.65. The SMILES string of the molecule is COc1ccc2nc(N3CC(C(=O)Nc4ccc(S(C)(=O)=O)cc4)C3)sc2c1. The second kappa shape index (κ2) is 7.06. The van der Waals surface area contributed by atoms with Crippen molar-refractivity contribution in [3.63, 3.8) is 0 Å². The molecular formula is C19H19N3O4S2. The van der Waals surface area contributed by atoms with Crippen molar-refractivity contribution in [2.45, 2.75) is 4.90 Å². The van der Waals surface area contributed by atoms with Crippen molar-refractivity contribution in [3.8, 4) is 5.75 Å². The Morgan fingerprint density at radius 1 is 1.21 bits per heavy atom. The minimum absolute atomic E-state index is 0.0777. The van der Waals surface area contributed by atoms with Crippen LogP contribution in [0.25, 0.3) is 10.2 Å². The number of anilines is 2. The summed E-state index contributed by atoms with van der Waals surface area (Å²) in [5.74, 6) is 0.590. The Morgan fingerprint density at radius 2 is 1.93 bits per heavy atom. The first-order valence-electron chi connectivity index (χ1n) is 8.64. The highest BCUT2D eigenvalue weighted by atomic mass is 32.2. The molecule has 1 amide bonds. The lowest BCUT2D eigenvalue weighted by Crippen LogP contribution is -2.52. The van der Waals surface area contributed by atoms with E-state index in [1.807, 2.05) is 18.2 Å². The van der Waals surface area contributed by atoms with Crippen molar-refractivity contribution in [3.05, 3.63) is 42.5 Å². The molecule has 1 N–H and O–H groups in total. The lowest BCUT2D eigenvalue weighted by atomic mass is 10.00. The topological polar surface area (TPSA) is 88.6 Å². The number of hydrogen-bond donors (Lipinski definition) is 1. The highest BCUT2D eigenvalue weighted by Crippen LogP contribution is 2.34. The van der Waals surface area contributed by atoms with Crippen molar-refractivity contribution < 1.29 is 17.9 Å². The van der Waals surface area contributed by atoms with Gasteiger partial charge in [-0.3, -0.25) is 4.79 Å². The number of carbonyl (C=O) groups is 1. The minimum atomic E-state index is -3.24. The van der Waals surface area contributed by atoms with Crippen LogP contribution in [-0.4, -0.2) is 45.8 Å². The number of amides is 1. The molecule has 1 aliphatic rings. The van der Waals surface area contributed by atoms with Crippen molar-refractivity contribution in [1.82, 2.24) is 4.98 Å². The average molecular weight is 418 g/mol. The number of fused-ring (bicyclic) bond motifs is 1. The van der Waals surface area contributed by atoms with E-state index in [-0.39, 0.29) is 16.7 Å². The smallest absolute Gasteiger partial charge is 0.231 e. The molecule has 0 spiro atoms. The van der Waals surface area contributed by atoms with Crippen LogP contribution in [0.3, 0.4) is 0 Å². The number of thiazole rings is 1. The van der Waals surface area contributed by atoms with E-state index in [9.17, 15) is 13.2 Å². The van der Waals surface area contributed by atoms with Gasteiger partial charge in [-0.2, -0.15) is 0 Å². The predicted octanol–water partition coefficient (Wildman–Crippen LogP) is 2.78. The second-order valence-corrected chi connectivity index (χ2v) is 9.74. The predicted molar refractivity (Wildman–Crippen MR) is 110 cm³/mol. The third kappa shape index (κ3) is 3.67. The number of aromatic nitrogens is 1. The van der Waals surface area contributed by atoms with Gasteiger partial charge < -0.3 is 15.0 Å². The van der Waals surface area contributed by atoms with E-state index < -0.39 is 9.84 Å². The Balaban J connectivity index is 1.37. The number of hydrogen-bond acceptors (Lipinski definition) is 7. The Kier molecular flexibility index (Phi) is 4.72. The van der Waals surface area contributed by atoms with Gasteiger partial charge in [-0.25, -0.2) is 13.4 Å². The number of rotatable bonds is 5. The first kappa shape index (κ1) is 18.7. The van der Waals surface area contributed by atoms with E-state index in [1.165, 1.54) is 12.1 Å². The molecule has 9 heteroatoms. The Bertz CT molecular complexity index is 1130. The molecule has 4 rings (SSSR count). The van der Waals surface area contributed by atoms with Gasteiger partial charge in [0.2, 0.25) is 5.91 Å². The summed E-state index contributed by atoms with van der Waals surface area (Å²) in [6.07, 6.45) is 1.15. The normalized spacial score (nSPS) is 14.7. The van der Waals surface area contributed by atoms with Gasteiger partial charge in [-0.05, 0) is 42.5 Å². The number of sulfone groups is 1. The molecule has 2 heterocycles. The number of methoxy groups -OCH3 is 1. The number of nitrogens with one attached hydrogen (secondary N) is 1. The summed E-state index contributed by atoms with van der Waals surface area (Å²) in [6, 6.07) is 12.0. The van der Waals surface area contributed by atoms with Crippen molar-refractivity contribution in [2.75, 3.05) is 36.7 Å². The van der Waals surface area contributed by atoms with Gasteiger partial charge in [-0.1, -0.05) is 11.3 Å². The summed E-state index contributed by atoms with van der Waals surface area (Å²) in [6.45, 7) is 1.20. The fourth-order valence-corrected chi connectivity index (χ4v) is 4.63. The second-order valence-electron chi connectivity index (χ2n) is 6.72. The van der Waals surface area contributed by atoms with Crippen LogP contribution in [0, 0.1) is 5.92 Å². The van der Waals surface area contributed by atoms with Crippen molar-refractivity contribution >= 4 is 48.1 Å². The van der Waals surface area contributed by atoms with Gasteiger partial charge in [0.15, 0.2) is 15.0 Å². The first-order chi connectivity index (χ1) is 13.3. The molecule has 3 aromatic rings. The largest absolute Gasteiger partial charge is 0.497 e. The standard InChI is InChI=1S/C19H19N3O4S2/c1-26-14-5-8-16-17(9-14)27-19(21-16)22-10-12(11-22)18(23)20-13-3-6-15(7-4-13)28(2,24)25/h3-9,12H,10-11H2,1-2H3,(H,20,23). The number of nitrogens with zero attached hydrogens (tertiary/aromatic N) is 2. The van der Waals surface area contributed by atoms with Gasteiger partial charge in [-0.15, -0.1) is 0 Å². The maximum atomic E-state index is 12.4. The maximum absolute atomic E-state index is 12.4.